The summed E-state index contributed by atoms with van der Waals surface area (Å²) in [6, 6.07) is 12.6. The van der Waals surface area contributed by atoms with Crippen molar-refractivity contribution in [2.24, 2.45) is 0 Å². The molecule has 0 saturated carbocycles. The van der Waals surface area contributed by atoms with Gasteiger partial charge in [-0.1, -0.05) is 6.07 Å². The van der Waals surface area contributed by atoms with Crippen LogP contribution in [0.3, 0.4) is 0 Å². The number of aromatic nitrogens is 3. The van der Waals surface area contributed by atoms with E-state index >= 15 is 0 Å². The van der Waals surface area contributed by atoms with Gasteiger partial charge in [0.1, 0.15) is 5.82 Å². The summed E-state index contributed by atoms with van der Waals surface area (Å²) in [7, 11) is 0. The van der Waals surface area contributed by atoms with Gasteiger partial charge in [0.2, 0.25) is 0 Å². The van der Waals surface area contributed by atoms with Gasteiger partial charge < -0.3 is 15.0 Å². The lowest BCUT2D eigenvalue weighted by Crippen LogP contribution is -2.21. The van der Waals surface area contributed by atoms with Crippen LogP contribution in [0.5, 0.6) is 0 Å². The molecular formula is C19H18F3N5O3. The summed E-state index contributed by atoms with van der Waals surface area (Å²) in [6.45, 7) is 4.00. The Morgan fingerprint density at radius 3 is 2.10 bits per heavy atom. The number of halogens is 3. The number of carbonyl (C=O) groups excluding carboxylic acids is 1. The fourth-order valence-electron chi connectivity index (χ4n) is 2.18. The molecule has 0 atom stereocenters. The first-order valence-corrected chi connectivity index (χ1v) is 8.48. The van der Waals surface area contributed by atoms with Crippen LogP contribution in [0.2, 0.25) is 0 Å². The Bertz CT molecular complexity index is 1000. The minimum absolute atomic E-state index is 0.328. The van der Waals surface area contributed by atoms with Gasteiger partial charge in [-0.3, -0.25) is 5.32 Å². The topological polar surface area (TPSA) is 109 Å². The molecule has 0 aliphatic carbocycles. The zero-order chi connectivity index (χ0) is 22.3. The first-order chi connectivity index (χ1) is 14.1. The van der Waals surface area contributed by atoms with Gasteiger partial charge in [0.25, 0.3) is 0 Å². The van der Waals surface area contributed by atoms with Gasteiger partial charge in [0, 0.05) is 23.3 Å². The first kappa shape index (κ1) is 22.4. The van der Waals surface area contributed by atoms with Crippen molar-refractivity contribution in [3.63, 3.8) is 0 Å². The largest absolute Gasteiger partial charge is 0.490 e. The number of carbonyl (C=O) groups is 2. The Morgan fingerprint density at radius 2 is 1.63 bits per heavy atom. The molecule has 1 aromatic carbocycles. The molecule has 2 heterocycles. The molecular weight excluding hydrogens is 403 g/mol. The second-order valence-electron chi connectivity index (χ2n) is 5.93. The number of aliphatic carboxylic acids is 1. The van der Waals surface area contributed by atoms with Crippen LogP contribution in [-0.2, 0) is 4.79 Å². The van der Waals surface area contributed by atoms with Crippen molar-refractivity contribution in [1.82, 2.24) is 14.5 Å². The molecule has 0 aliphatic rings. The minimum atomic E-state index is -5.08. The third-order valence-corrected chi connectivity index (χ3v) is 3.80. The van der Waals surface area contributed by atoms with Crippen LogP contribution in [0, 0.1) is 13.8 Å². The smallest absolute Gasteiger partial charge is 0.475 e. The quantitative estimate of drug-likeness (QED) is 0.588. The SMILES string of the molecule is Cc1ncn(-c2ccc(NC(=O)Nc3ccccn3)cc2)c1C.O=C(O)C(F)(F)F. The van der Waals surface area contributed by atoms with Gasteiger partial charge in [0.15, 0.2) is 0 Å². The van der Waals surface area contributed by atoms with Crippen molar-refractivity contribution < 1.29 is 27.9 Å². The Morgan fingerprint density at radius 1 is 1.00 bits per heavy atom. The molecule has 2 amide bonds. The molecule has 0 spiro atoms. The number of amides is 2. The number of nitrogens with one attached hydrogen (secondary N) is 2. The molecule has 3 rings (SSSR count). The average Bonchev–Trinajstić information content (AvgIpc) is 3.02. The van der Waals surface area contributed by atoms with E-state index in [9.17, 15) is 18.0 Å². The van der Waals surface area contributed by atoms with Gasteiger partial charge in [-0.2, -0.15) is 13.2 Å². The van der Waals surface area contributed by atoms with Crippen molar-refractivity contribution >= 4 is 23.5 Å². The van der Waals surface area contributed by atoms with Crippen LogP contribution in [0.25, 0.3) is 5.69 Å². The van der Waals surface area contributed by atoms with Gasteiger partial charge >= 0.3 is 18.2 Å². The number of aryl methyl sites for hydroxylation is 1. The lowest BCUT2D eigenvalue weighted by atomic mass is 10.2. The average molecular weight is 421 g/mol. The Balaban J connectivity index is 0.000000396. The van der Waals surface area contributed by atoms with Crippen LogP contribution in [0.1, 0.15) is 11.4 Å². The van der Waals surface area contributed by atoms with E-state index in [1.807, 2.05) is 48.7 Å². The maximum absolute atomic E-state index is 11.9. The van der Waals surface area contributed by atoms with Crippen LogP contribution >= 0.6 is 0 Å². The standard InChI is InChI=1S/C17H17N5O.C2HF3O2/c1-12-13(2)22(11-19-12)15-8-6-14(7-9-15)20-17(23)21-16-5-3-4-10-18-16;3-2(4,5)1(6)7/h3-11H,1-2H3,(H2,18,20,21,23);(H,6,7). The normalized spacial score (nSPS) is 10.6. The second-order valence-corrected chi connectivity index (χ2v) is 5.93. The van der Waals surface area contributed by atoms with Crippen LogP contribution in [0.4, 0.5) is 29.5 Å². The lowest BCUT2D eigenvalue weighted by molar-refractivity contribution is -0.192. The van der Waals surface area contributed by atoms with E-state index in [0.29, 0.717) is 11.5 Å². The fourth-order valence-corrected chi connectivity index (χ4v) is 2.18. The summed E-state index contributed by atoms with van der Waals surface area (Å²) >= 11 is 0. The molecule has 3 aromatic rings. The highest BCUT2D eigenvalue weighted by Gasteiger charge is 2.38. The molecule has 0 fully saturated rings. The van der Waals surface area contributed by atoms with E-state index < -0.39 is 12.1 Å². The number of benzene rings is 1. The summed E-state index contributed by atoms with van der Waals surface area (Å²) in [5.41, 5.74) is 3.80. The maximum atomic E-state index is 11.9. The third kappa shape index (κ3) is 6.33. The number of imidazole rings is 1. The fraction of sp³-hybridized carbons (Fsp3) is 0.158. The van der Waals surface area contributed by atoms with E-state index in [2.05, 4.69) is 20.6 Å². The summed E-state index contributed by atoms with van der Waals surface area (Å²) in [4.78, 5) is 29.1. The van der Waals surface area contributed by atoms with Crippen LogP contribution in [-0.4, -0.2) is 37.8 Å². The molecule has 0 radical (unpaired) electrons. The monoisotopic (exact) mass is 421 g/mol. The highest BCUT2D eigenvalue weighted by Crippen LogP contribution is 2.17. The number of urea groups is 1. The molecule has 0 aliphatic heterocycles. The summed E-state index contributed by atoms with van der Waals surface area (Å²) < 4.78 is 33.7. The van der Waals surface area contributed by atoms with Gasteiger partial charge in [-0.25, -0.2) is 19.6 Å². The molecule has 0 unspecified atom stereocenters. The number of pyridine rings is 1. The highest BCUT2D eigenvalue weighted by molar-refractivity contribution is 5.99. The second kappa shape index (κ2) is 9.54. The van der Waals surface area contributed by atoms with E-state index in [1.165, 1.54) is 0 Å². The number of alkyl halides is 3. The number of carboxylic acid groups (broad SMARTS) is 1. The minimum Gasteiger partial charge on any atom is -0.475 e. The molecule has 0 bridgehead atoms. The van der Waals surface area contributed by atoms with Crippen molar-refractivity contribution in [3.05, 3.63) is 66.4 Å². The summed E-state index contributed by atoms with van der Waals surface area (Å²) in [5, 5.41) is 12.6. The van der Waals surface area contributed by atoms with Crippen LogP contribution in [0.15, 0.2) is 55.0 Å². The predicted octanol–water partition coefficient (Wildman–Crippen LogP) is 4.16. The van der Waals surface area contributed by atoms with Gasteiger partial charge in [-0.15, -0.1) is 0 Å². The number of hydrogen-bond acceptors (Lipinski definition) is 4. The number of carboxylic acids is 1. The highest BCUT2D eigenvalue weighted by atomic mass is 19.4. The van der Waals surface area contributed by atoms with Crippen LogP contribution < -0.4 is 10.6 Å². The first-order valence-electron chi connectivity index (χ1n) is 8.48. The molecule has 11 heteroatoms. The predicted molar refractivity (Wildman–Crippen MR) is 104 cm³/mol. The van der Waals surface area contributed by atoms with Gasteiger partial charge in [-0.05, 0) is 50.2 Å². The zero-order valence-corrected chi connectivity index (χ0v) is 15.9. The summed E-state index contributed by atoms with van der Waals surface area (Å²) in [5.74, 6) is -2.25. The van der Waals surface area contributed by atoms with Crippen molar-refractivity contribution in [1.29, 1.82) is 0 Å². The number of nitrogens with zero attached hydrogens (tertiary/aromatic N) is 3. The van der Waals surface area contributed by atoms with Gasteiger partial charge in [0.05, 0.1) is 12.0 Å². The zero-order valence-electron chi connectivity index (χ0n) is 15.9. The lowest BCUT2D eigenvalue weighted by Gasteiger charge is -2.09. The van der Waals surface area contributed by atoms with Crippen molar-refractivity contribution in [2.45, 2.75) is 20.0 Å². The number of anilines is 2. The Labute approximate surface area is 169 Å². The van der Waals surface area contributed by atoms with E-state index in [4.69, 9.17) is 9.90 Å². The Kier molecular flexibility index (Phi) is 7.13. The van der Waals surface area contributed by atoms with E-state index in [0.717, 1.165) is 17.1 Å². The third-order valence-electron chi connectivity index (χ3n) is 3.80. The summed E-state index contributed by atoms with van der Waals surface area (Å²) in [6.07, 6.45) is -1.67. The van der Waals surface area contributed by atoms with E-state index in [1.54, 1.807) is 24.7 Å². The molecule has 0 saturated heterocycles. The number of hydrogen-bond donors (Lipinski definition) is 3. The number of rotatable bonds is 3. The maximum Gasteiger partial charge on any atom is 0.490 e. The van der Waals surface area contributed by atoms with E-state index in [-0.39, 0.29) is 6.03 Å². The Hall–Kier alpha value is -3.89. The van der Waals surface area contributed by atoms with Crippen molar-refractivity contribution in [2.75, 3.05) is 10.6 Å². The molecule has 30 heavy (non-hydrogen) atoms. The molecule has 8 nitrogen and oxygen atoms in total. The van der Waals surface area contributed by atoms with Crippen molar-refractivity contribution in [3.8, 4) is 5.69 Å². The molecule has 158 valence electrons. The molecule has 3 N–H and O–H groups in total. The molecule has 2 aromatic heterocycles.